The van der Waals surface area contributed by atoms with Crippen molar-refractivity contribution in [3.8, 4) is 16.9 Å². The third kappa shape index (κ3) is 4.65. The van der Waals surface area contributed by atoms with Crippen LogP contribution in [0.1, 0.15) is 54.6 Å². The molecule has 0 bridgehead atoms. The highest BCUT2D eigenvalue weighted by Gasteiger charge is 2.64. The van der Waals surface area contributed by atoms with Crippen LogP contribution in [-0.2, 0) is 20.8 Å². The molecule has 2 aromatic carbocycles. The van der Waals surface area contributed by atoms with Crippen molar-refractivity contribution in [3.05, 3.63) is 70.0 Å². The van der Waals surface area contributed by atoms with Gasteiger partial charge in [-0.1, -0.05) is 31.5 Å². The topological polar surface area (TPSA) is 164 Å². The molecule has 5 N–H and O–H groups in total. The number of nitrogens with one attached hydrogen (secondary N) is 1. The van der Waals surface area contributed by atoms with E-state index in [9.17, 15) is 39.6 Å². The van der Waals surface area contributed by atoms with Gasteiger partial charge in [0.2, 0.25) is 5.78 Å². The lowest BCUT2D eigenvalue weighted by Gasteiger charge is -2.50. The van der Waals surface area contributed by atoms with Gasteiger partial charge in [0, 0.05) is 23.6 Å². The molecule has 4 atom stereocenters. The number of carbonyl (C=O) groups is 4. The number of benzene rings is 2. The molecule has 2 aromatic rings. The number of ketones is 3. The SMILES string of the molecule is CCCCNC(=O)c1cccc(-c2ccc(O)c3c2C[C@H]2C[C@H]4[C@H](N(C)C)C(=O)C(C(C)=O)=C(O)[C@@]4(O)C(=O)C2=C3O)c1. The fraction of sp³-hybridized carbons (Fsp3) is 0.394. The highest BCUT2D eigenvalue weighted by molar-refractivity contribution is 6.25. The summed E-state index contributed by atoms with van der Waals surface area (Å²) in [5, 5.41) is 48.1. The molecule has 0 heterocycles. The summed E-state index contributed by atoms with van der Waals surface area (Å²) in [4.78, 5) is 54.1. The van der Waals surface area contributed by atoms with Gasteiger partial charge in [0.15, 0.2) is 17.2 Å². The Morgan fingerprint density at radius 1 is 1.09 bits per heavy atom. The van der Waals surface area contributed by atoms with Crippen LogP contribution >= 0.6 is 0 Å². The zero-order valence-corrected chi connectivity index (χ0v) is 24.6. The second-order valence-corrected chi connectivity index (χ2v) is 11.8. The number of phenols is 1. The van der Waals surface area contributed by atoms with Crippen molar-refractivity contribution < 1.29 is 39.6 Å². The maximum atomic E-state index is 14.1. The predicted octanol–water partition coefficient (Wildman–Crippen LogP) is 3.26. The van der Waals surface area contributed by atoms with E-state index in [-0.39, 0.29) is 35.6 Å². The van der Waals surface area contributed by atoms with Gasteiger partial charge in [-0.25, -0.2) is 0 Å². The van der Waals surface area contributed by atoms with Gasteiger partial charge in [0.05, 0.1) is 11.6 Å². The van der Waals surface area contributed by atoms with Crippen molar-refractivity contribution in [2.75, 3.05) is 20.6 Å². The van der Waals surface area contributed by atoms with Gasteiger partial charge in [0.25, 0.3) is 5.91 Å². The molecule has 43 heavy (non-hydrogen) atoms. The molecule has 0 aromatic heterocycles. The highest BCUT2D eigenvalue weighted by atomic mass is 16.3. The quantitative estimate of drug-likeness (QED) is 0.241. The number of phenolic OH excluding ortho intramolecular Hbond substituents is 1. The normalized spacial score (nSPS) is 24.9. The number of unbranched alkanes of at least 4 members (excludes halogenated alkanes) is 1. The molecule has 3 aliphatic rings. The largest absolute Gasteiger partial charge is 0.508 e. The van der Waals surface area contributed by atoms with Crippen molar-refractivity contribution in [2.45, 2.75) is 51.2 Å². The number of hydrogen-bond donors (Lipinski definition) is 5. The molecular formula is C33H36N2O8. The number of rotatable bonds is 7. The second-order valence-electron chi connectivity index (χ2n) is 11.8. The Morgan fingerprint density at radius 3 is 2.47 bits per heavy atom. The van der Waals surface area contributed by atoms with Crippen LogP contribution in [0.5, 0.6) is 5.75 Å². The summed E-state index contributed by atoms with van der Waals surface area (Å²) in [6.07, 6.45) is 1.99. The van der Waals surface area contributed by atoms with Crippen LogP contribution in [0.4, 0.5) is 0 Å². The summed E-state index contributed by atoms with van der Waals surface area (Å²) in [5.41, 5.74) is -1.12. The Hall–Kier alpha value is -4.28. The van der Waals surface area contributed by atoms with Crippen molar-refractivity contribution in [1.82, 2.24) is 10.2 Å². The number of aliphatic hydroxyl groups excluding tert-OH is 2. The molecule has 10 heteroatoms. The summed E-state index contributed by atoms with van der Waals surface area (Å²) in [6.45, 7) is 3.66. The van der Waals surface area contributed by atoms with E-state index >= 15 is 0 Å². The summed E-state index contributed by atoms with van der Waals surface area (Å²) in [5.74, 6) is -6.31. The number of aromatic hydroxyl groups is 1. The fourth-order valence-electron chi connectivity index (χ4n) is 6.93. The standard InChI is InChI=1S/C33H36N2O8/c1-5-6-12-34-32(42)18-9-7-8-17(13-18)20-10-11-23(37)26-21(20)14-19-15-22-27(35(3)4)29(39)24(16(2)36)30(40)33(22,43)31(41)25(19)28(26)38/h7-11,13,19,22,27,37-38,40,43H,5-6,12,14-15H2,1-4H3,(H,34,42)/t19-,22-,27-,33+/m0/s1. The summed E-state index contributed by atoms with van der Waals surface area (Å²) < 4.78 is 0. The van der Waals surface area contributed by atoms with Gasteiger partial charge in [-0.3, -0.25) is 24.1 Å². The van der Waals surface area contributed by atoms with Crippen molar-refractivity contribution in [2.24, 2.45) is 11.8 Å². The molecule has 0 spiro atoms. The Kier molecular flexibility index (Phi) is 7.79. The van der Waals surface area contributed by atoms with Gasteiger partial charge in [-0.2, -0.15) is 0 Å². The molecule has 1 fully saturated rings. The molecular weight excluding hydrogens is 552 g/mol. The first-order chi connectivity index (χ1) is 20.3. The average Bonchev–Trinajstić information content (AvgIpc) is 2.95. The smallest absolute Gasteiger partial charge is 0.251 e. The minimum Gasteiger partial charge on any atom is -0.508 e. The van der Waals surface area contributed by atoms with Gasteiger partial charge in [-0.05, 0) is 81.1 Å². The predicted molar refractivity (Wildman–Crippen MR) is 158 cm³/mol. The molecule has 0 unspecified atom stereocenters. The number of likely N-dealkylation sites (N-methyl/N-ethyl adjacent to an activating group) is 1. The third-order valence-corrected chi connectivity index (χ3v) is 8.96. The molecule has 5 rings (SSSR count). The number of amides is 1. The minimum absolute atomic E-state index is 0.0169. The summed E-state index contributed by atoms with van der Waals surface area (Å²) >= 11 is 0. The average molecular weight is 589 g/mol. The van der Waals surface area contributed by atoms with E-state index in [4.69, 9.17) is 0 Å². The number of fused-ring (bicyclic) bond motifs is 3. The van der Waals surface area contributed by atoms with Crippen LogP contribution in [0.2, 0.25) is 0 Å². The van der Waals surface area contributed by atoms with Crippen molar-refractivity contribution in [3.63, 3.8) is 0 Å². The van der Waals surface area contributed by atoms with E-state index in [0.717, 1.165) is 19.8 Å². The summed E-state index contributed by atoms with van der Waals surface area (Å²) in [7, 11) is 3.18. The molecule has 3 aliphatic carbocycles. The zero-order chi connectivity index (χ0) is 31.4. The lowest BCUT2D eigenvalue weighted by Crippen LogP contribution is -2.65. The third-order valence-electron chi connectivity index (χ3n) is 8.96. The van der Waals surface area contributed by atoms with Crippen LogP contribution in [0.25, 0.3) is 16.9 Å². The van der Waals surface area contributed by atoms with Crippen LogP contribution in [0, 0.1) is 11.8 Å². The second kappa shape index (κ2) is 11.1. The molecule has 0 radical (unpaired) electrons. The molecule has 1 amide bonds. The maximum Gasteiger partial charge on any atom is 0.251 e. The van der Waals surface area contributed by atoms with Crippen LogP contribution in [-0.4, -0.2) is 80.9 Å². The van der Waals surface area contributed by atoms with Gasteiger partial charge in [-0.15, -0.1) is 0 Å². The number of Topliss-reactive ketones (excluding diaryl/α,β-unsaturated/α-hetero) is 3. The first-order valence-electron chi connectivity index (χ1n) is 14.4. The van der Waals surface area contributed by atoms with E-state index in [1.165, 1.54) is 11.0 Å². The van der Waals surface area contributed by atoms with Gasteiger partial charge in [0.1, 0.15) is 22.8 Å². The van der Waals surface area contributed by atoms with E-state index in [0.29, 0.717) is 28.8 Å². The lowest BCUT2D eigenvalue weighted by molar-refractivity contribution is -0.153. The van der Waals surface area contributed by atoms with E-state index in [1.807, 2.05) is 13.0 Å². The Morgan fingerprint density at radius 2 is 1.81 bits per heavy atom. The Balaban J connectivity index is 1.64. The van der Waals surface area contributed by atoms with E-state index in [1.54, 1.807) is 38.4 Å². The molecule has 226 valence electrons. The number of hydrogen-bond acceptors (Lipinski definition) is 9. The maximum absolute atomic E-state index is 14.1. The molecule has 1 saturated carbocycles. The number of carbonyl (C=O) groups excluding carboxylic acids is 4. The summed E-state index contributed by atoms with van der Waals surface area (Å²) in [6, 6.07) is 8.96. The monoisotopic (exact) mass is 588 g/mol. The highest BCUT2D eigenvalue weighted by Crippen LogP contribution is 2.53. The fourth-order valence-corrected chi connectivity index (χ4v) is 6.93. The zero-order valence-electron chi connectivity index (χ0n) is 24.6. The first-order valence-corrected chi connectivity index (χ1v) is 14.4. The number of aliphatic hydroxyl groups is 3. The molecule has 0 aliphatic heterocycles. The Bertz CT molecular complexity index is 1620. The van der Waals surface area contributed by atoms with Crippen molar-refractivity contribution in [1.29, 1.82) is 0 Å². The van der Waals surface area contributed by atoms with Crippen LogP contribution in [0.3, 0.4) is 0 Å². The molecule has 10 nitrogen and oxygen atoms in total. The van der Waals surface area contributed by atoms with Gasteiger partial charge < -0.3 is 25.7 Å². The van der Waals surface area contributed by atoms with Gasteiger partial charge >= 0.3 is 0 Å². The van der Waals surface area contributed by atoms with Crippen molar-refractivity contribution >= 4 is 29.0 Å². The lowest BCUT2D eigenvalue weighted by atomic mass is 9.57. The molecule has 0 saturated heterocycles. The number of nitrogens with zero attached hydrogens (tertiary/aromatic N) is 1. The van der Waals surface area contributed by atoms with Crippen LogP contribution in [0.15, 0.2) is 53.3 Å². The van der Waals surface area contributed by atoms with Crippen LogP contribution < -0.4 is 5.32 Å². The van der Waals surface area contributed by atoms with E-state index < -0.39 is 57.9 Å². The van der Waals surface area contributed by atoms with E-state index in [2.05, 4.69) is 5.32 Å². The first kappa shape index (κ1) is 30.2. The Labute approximate surface area is 249 Å². The minimum atomic E-state index is -2.62.